The van der Waals surface area contributed by atoms with Gasteiger partial charge in [0.2, 0.25) is 5.91 Å². The molecule has 204 valence electrons. The number of aliphatic hydroxyl groups is 2. The van der Waals surface area contributed by atoms with Crippen molar-refractivity contribution in [2.45, 2.75) is 88.3 Å². The van der Waals surface area contributed by atoms with Gasteiger partial charge in [0, 0.05) is 44.2 Å². The largest absolute Gasteiger partial charge is 0.390 e. The van der Waals surface area contributed by atoms with Crippen molar-refractivity contribution < 1.29 is 19.7 Å². The third-order valence-corrected chi connectivity index (χ3v) is 8.57. The highest BCUT2D eigenvalue weighted by atomic mass is 35.5. The molecule has 7 heteroatoms. The van der Waals surface area contributed by atoms with Crippen molar-refractivity contribution in [3.8, 4) is 0 Å². The van der Waals surface area contributed by atoms with Gasteiger partial charge in [0.05, 0.1) is 11.2 Å². The number of hydrogen-bond acceptors (Lipinski definition) is 5. The second kappa shape index (κ2) is 14.1. The predicted octanol–water partition coefficient (Wildman–Crippen LogP) is 4.89. The highest BCUT2D eigenvalue weighted by Gasteiger charge is 2.41. The van der Waals surface area contributed by atoms with E-state index in [0.29, 0.717) is 37.4 Å². The van der Waals surface area contributed by atoms with Crippen LogP contribution < -0.4 is 5.32 Å². The van der Waals surface area contributed by atoms with Gasteiger partial charge >= 0.3 is 0 Å². The minimum Gasteiger partial charge on any atom is -0.390 e. The number of nitrogens with zero attached hydrogens (tertiary/aromatic N) is 1. The maximum Gasteiger partial charge on any atom is 0.222 e. The number of likely N-dealkylation sites (tertiary alicyclic amines) is 1. The van der Waals surface area contributed by atoms with Crippen LogP contribution in [0.4, 0.5) is 0 Å². The SMILES string of the molecule is CNC[C@@H](CC(=O)N1CCC[C@@H]([C@@](O)(CCCCOC)c2cccc(Cl)c2)C1)CC1(O)CCCCC1. The van der Waals surface area contributed by atoms with Gasteiger partial charge in [-0.25, -0.2) is 0 Å². The summed E-state index contributed by atoms with van der Waals surface area (Å²) in [5.41, 5.74) is -0.849. The van der Waals surface area contributed by atoms with E-state index in [1.165, 1.54) is 6.42 Å². The zero-order valence-corrected chi connectivity index (χ0v) is 23.1. The van der Waals surface area contributed by atoms with Crippen LogP contribution in [0.25, 0.3) is 0 Å². The standard InChI is InChI=1S/C29H47ClN2O4/c1-31-21-23(20-28(34)13-4-3-5-14-28)18-27(33)32-16-9-11-25(22-32)29(35,15-6-7-17-36-2)24-10-8-12-26(30)19-24/h8,10,12,19,23,25,31,34-35H,3-7,9,11,13-18,20-22H2,1-2H3/t23-,25+,29+/m0/s1. The first-order chi connectivity index (χ1) is 17.3. The Morgan fingerprint density at radius 3 is 2.75 bits per heavy atom. The van der Waals surface area contributed by atoms with Crippen LogP contribution in [0.2, 0.25) is 5.02 Å². The lowest BCUT2D eigenvalue weighted by Crippen LogP contribution is -2.49. The Hall–Kier alpha value is -1.18. The van der Waals surface area contributed by atoms with E-state index >= 15 is 0 Å². The molecule has 0 spiro atoms. The monoisotopic (exact) mass is 522 g/mol. The lowest BCUT2D eigenvalue weighted by molar-refractivity contribution is -0.138. The molecule has 2 aliphatic rings. The number of carbonyl (C=O) groups is 1. The molecule has 3 rings (SSSR count). The molecule has 0 bridgehead atoms. The van der Waals surface area contributed by atoms with Crippen molar-refractivity contribution >= 4 is 17.5 Å². The maximum atomic E-state index is 13.5. The molecule has 3 atom stereocenters. The smallest absolute Gasteiger partial charge is 0.222 e. The number of unbranched alkanes of at least 4 members (excludes halogenated alkanes) is 1. The Balaban J connectivity index is 1.70. The number of methoxy groups -OCH3 is 1. The van der Waals surface area contributed by atoms with Crippen LogP contribution in [0.1, 0.15) is 82.6 Å². The molecule has 1 aliphatic heterocycles. The molecule has 0 unspecified atom stereocenters. The van der Waals surface area contributed by atoms with Gasteiger partial charge in [0.1, 0.15) is 0 Å². The summed E-state index contributed by atoms with van der Waals surface area (Å²) in [5.74, 6) is 0.181. The summed E-state index contributed by atoms with van der Waals surface area (Å²) < 4.78 is 5.22. The quantitative estimate of drug-likeness (QED) is 0.321. The summed E-state index contributed by atoms with van der Waals surface area (Å²) in [6.07, 6.45) is 10.2. The highest BCUT2D eigenvalue weighted by Crippen LogP contribution is 2.41. The number of benzene rings is 1. The normalized spacial score (nSPS) is 22.7. The number of ether oxygens (including phenoxy) is 1. The van der Waals surface area contributed by atoms with E-state index in [-0.39, 0.29) is 17.7 Å². The molecule has 1 saturated carbocycles. The fourth-order valence-corrected chi connectivity index (χ4v) is 6.60. The van der Waals surface area contributed by atoms with Crippen molar-refractivity contribution in [1.29, 1.82) is 0 Å². The first kappa shape index (κ1) is 29.4. The van der Waals surface area contributed by atoms with Crippen LogP contribution in [0.3, 0.4) is 0 Å². The summed E-state index contributed by atoms with van der Waals surface area (Å²) in [4.78, 5) is 15.4. The van der Waals surface area contributed by atoms with Crippen LogP contribution in [-0.4, -0.2) is 67.0 Å². The number of amides is 1. The summed E-state index contributed by atoms with van der Waals surface area (Å²) in [6.45, 7) is 2.65. The number of carbonyl (C=O) groups excluding carboxylic acids is 1. The van der Waals surface area contributed by atoms with Crippen molar-refractivity contribution in [2.75, 3.05) is 40.4 Å². The number of piperidine rings is 1. The zero-order valence-electron chi connectivity index (χ0n) is 22.3. The van der Waals surface area contributed by atoms with Gasteiger partial charge in [-0.2, -0.15) is 0 Å². The van der Waals surface area contributed by atoms with Crippen molar-refractivity contribution in [3.63, 3.8) is 0 Å². The van der Waals surface area contributed by atoms with Crippen LogP contribution in [0.5, 0.6) is 0 Å². The van der Waals surface area contributed by atoms with E-state index in [9.17, 15) is 15.0 Å². The van der Waals surface area contributed by atoms with E-state index in [4.69, 9.17) is 16.3 Å². The van der Waals surface area contributed by atoms with Gasteiger partial charge in [0.25, 0.3) is 0 Å². The Bertz CT molecular complexity index is 816. The van der Waals surface area contributed by atoms with E-state index < -0.39 is 11.2 Å². The number of rotatable bonds is 13. The van der Waals surface area contributed by atoms with Gasteiger partial charge in [-0.05, 0) is 88.6 Å². The van der Waals surface area contributed by atoms with E-state index in [1.807, 2.05) is 36.2 Å². The second-order valence-corrected chi connectivity index (χ2v) is 11.6. The molecule has 1 saturated heterocycles. The minimum absolute atomic E-state index is 0.0542. The first-order valence-electron chi connectivity index (χ1n) is 13.9. The molecule has 6 nitrogen and oxygen atoms in total. The Labute approximate surface area is 222 Å². The molecule has 1 heterocycles. The Morgan fingerprint density at radius 1 is 1.28 bits per heavy atom. The molecule has 1 aromatic rings. The third-order valence-electron chi connectivity index (χ3n) is 8.34. The third kappa shape index (κ3) is 8.16. The van der Waals surface area contributed by atoms with Crippen LogP contribution in [0.15, 0.2) is 24.3 Å². The van der Waals surface area contributed by atoms with Crippen molar-refractivity contribution in [3.05, 3.63) is 34.9 Å². The highest BCUT2D eigenvalue weighted by molar-refractivity contribution is 6.30. The molecule has 0 aromatic heterocycles. The topological polar surface area (TPSA) is 82.0 Å². The lowest BCUT2D eigenvalue weighted by Gasteiger charge is -2.43. The molecule has 2 fully saturated rings. The Morgan fingerprint density at radius 2 is 2.06 bits per heavy atom. The van der Waals surface area contributed by atoms with Crippen molar-refractivity contribution in [2.24, 2.45) is 11.8 Å². The minimum atomic E-state index is -1.04. The molecule has 3 N–H and O–H groups in total. The molecule has 1 aromatic carbocycles. The second-order valence-electron chi connectivity index (χ2n) is 11.2. The number of halogens is 1. The molecule has 1 amide bonds. The average molecular weight is 523 g/mol. The average Bonchev–Trinajstić information content (AvgIpc) is 2.87. The van der Waals surface area contributed by atoms with Crippen LogP contribution >= 0.6 is 11.6 Å². The number of hydrogen-bond donors (Lipinski definition) is 3. The zero-order chi connectivity index (χ0) is 26.0. The van der Waals surface area contributed by atoms with Gasteiger partial charge in [-0.3, -0.25) is 4.79 Å². The summed E-state index contributed by atoms with van der Waals surface area (Å²) in [6, 6.07) is 7.54. The van der Waals surface area contributed by atoms with Gasteiger partial charge in [-0.15, -0.1) is 0 Å². The van der Waals surface area contributed by atoms with Gasteiger partial charge in [-0.1, -0.05) is 43.0 Å². The molecular weight excluding hydrogens is 476 g/mol. The van der Waals surface area contributed by atoms with Gasteiger partial charge in [0.15, 0.2) is 0 Å². The lowest BCUT2D eigenvalue weighted by atomic mass is 9.74. The van der Waals surface area contributed by atoms with E-state index in [2.05, 4.69) is 5.32 Å². The summed E-state index contributed by atoms with van der Waals surface area (Å²) >= 11 is 6.31. The molecule has 36 heavy (non-hydrogen) atoms. The first-order valence-corrected chi connectivity index (χ1v) is 14.3. The van der Waals surface area contributed by atoms with E-state index in [0.717, 1.165) is 70.0 Å². The fraction of sp³-hybridized carbons (Fsp3) is 0.759. The Kier molecular flexibility index (Phi) is 11.5. The molecule has 0 radical (unpaired) electrons. The fourth-order valence-electron chi connectivity index (χ4n) is 6.41. The predicted molar refractivity (Wildman–Crippen MR) is 145 cm³/mol. The summed E-state index contributed by atoms with van der Waals surface area (Å²) in [5, 5.41) is 27.0. The van der Waals surface area contributed by atoms with Gasteiger partial charge < -0.3 is 25.2 Å². The van der Waals surface area contributed by atoms with Crippen LogP contribution in [-0.2, 0) is 15.1 Å². The molecular formula is C29H47ClN2O4. The van der Waals surface area contributed by atoms with E-state index in [1.54, 1.807) is 7.11 Å². The number of nitrogens with one attached hydrogen (secondary N) is 1. The molecule has 1 aliphatic carbocycles. The van der Waals surface area contributed by atoms with Crippen LogP contribution in [0, 0.1) is 11.8 Å². The maximum absolute atomic E-state index is 13.5. The summed E-state index contributed by atoms with van der Waals surface area (Å²) in [7, 11) is 3.61. The van der Waals surface area contributed by atoms with Crippen molar-refractivity contribution in [1.82, 2.24) is 10.2 Å².